The van der Waals surface area contributed by atoms with Crippen molar-refractivity contribution in [3.05, 3.63) is 162 Å². The molecule has 1 fully saturated rings. The SMILES string of the molecule is O=C(Nc1ccc(C2OC(CSc3nc(-c4ccccc4)c(-c4ccccc4)o3)CC(c3ccc(CO)cc3)O2)cc1)c1ccccc1. The first-order chi connectivity index (χ1) is 23.6. The smallest absolute Gasteiger partial charge is 0.256 e. The summed E-state index contributed by atoms with van der Waals surface area (Å²) in [5, 5.41) is 13.1. The molecule has 5 aromatic carbocycles. The number of hydrogen-bond donors (Lipinski definition) is 2. The quantitative estimate of drug-likeness (QED) is 0.142. The first-order valence-corrected chi connectivity index (χ1v) is 16.8. The first-order valence-electron chi connectivity index (χ1n) is 15.8. The van der Waals surface area contributed by atoms with Crippen LogP contribution in [0.5, 0.6) is 0 Å². The minimum absolute atomic E-state index is 0.0178. The summed E-state index contributed by atoms with van der Waals surface area (Å²) in [6.45, 7) is -0.0178. The molecule has 1 saturated heterocycles. The van der Waals surface area contributed by atoms with Gasteiger partial charge >= 0.3 is 0 Å². The van der Waals surface area contributed by atoms with E-state index in [1.165, 1.54) is 11.8 Å². The molecule has 0 saturated carbocycles. The molecule has 0 spiro atoms. The Balaban J connectivity index is 1.11. The lowest BCUT2D eigenvalue weighted by Crippen LogP contribution is -2.31. The summed E-state index contributed by atoms with van der Waals surface area (Å²) >= 11 is 1.52. The van der Waals surface area contributed by atoms with Crippen LogP contribution < -0.4 is 5.32 Å². The van der Waals surface area contributed by atoms with Crippen LogP contribution in [0.15, 0.2) is 149 Å². The fraction of sp³-hybridized carbons (Fsp3) is 0.150. The van der Waals surface area contributed by atoms with E-state index in [0.29, 0.717) is 28.6 Å². The van der Waals surface area contributed by atoms with E-state index in [1.54, 1.807) is 12.1 Å². The zero-order valence-corrected chi connectivity index (χ0v) is 26.9. The van der Waals surface area contributed by atoms with Crippen LogP contribution in [0.2, 0.25) is 0 Å². The fourth-order valence-electron chi connectivity index (χ4n) is 5.64. The fourth-order valence-corrected chi connectivity index (χ4v) is 6.48. The van der Waals surface area contributed by atoms with Crippen LogP contribution in [0.3, 0.4) is 0 Å². The zero-order valence-electron chi connectivity index (χ0n) is 26.1. The van der Waals surface area contributed by atoms with Crippen molar-refractivity contribution >= 4 is 23.4 Å². The number of hydrogen-bond acceptors (Lipinski definition) is 7. The predicted octanol–water partition coefficient (Wildman–Crippen LogP) is 9.09. The number of anilines is 1. The van der Waals surface area contributed by atoms with Gasteiger partial charge in [-0.3, -0.25) is 4.79 Å². The molecule has 6 aromatic rings. The minimum Gasteiger partial charge on any atom is -0.431 e. The van der Waals surface area contributed by atoms with Crippen molar-refractivity contribution in [2.24, 2.45) is 0 Å². The summed E-state index contributed by atoms with van der Waals surface area (Å²) in [7, 11) is 0. The zero-order chi connectivity index (χ0) is 32.7. The molecule has 3 atom stereocenters. The monoisotopic (exact) mass is 654 g/mol. The van der Waals surface area contributed by atoms with Crippen molar-refractivity contribution in [2.45, 2.75) is 36.7 Å². The number of thioether (sulfide) groups is 1. The van der Waals surface area contributed by atoms with Crippen LogP contribution in [0, 0.1) is 0 Å². The number of aliphatic hydroxyl groups is 1. The molecule has 7 nitrogen and oxygen atoms in total. The molecule has 2 N–H and O–H groups in total. The van der Waals surface area contributed by atoms with Crippen LogP contribution in [-0.2, 0) is 16.1 Å². The summed E-state index contributed by atoms with van der Waals surface area (Å²) in [5.74, 6) is 1.16. The van der Waals surface area contributed by atoms with Crippen LogP contribution >= 0.6 is 11.8 Å². The molecule has 1 aliphatic heterocycles. The molecule has 3 unspecified atom stereocenters. The Labute approximate surface area is 283 Å². The largest absolute Gasteiger partial charge is 0.431 e. The summed E-state index contributed by atoms with van der Waals surface area (Å²) in [5.41, 5.74) is 6.72. The number of oxazole rings is 1. The molecule has 1 aromatic heterocycles. The third kappa shape index (κ3) is 7.43. The predicted molar refractivity (Wildman–Crippen MR) is 187 cm³/mol. The second kappa shape index (κ2) is 14.8. The van der Waals surface area contributed by atoms with Crippen molar-refractivity contribution in [2.75, 3.05) is 11.1 Å². The average molecular weight is 655 g/mol. The summed E-state index contributed by atoms with van der Waals surface area (Å²) in [6.07, 6.45) is -0.412. The summed E-state index contributed by atoms with van der Waals surface area (Å²) in [6, 6.07) is 44.6. The molecule has 0 aliphatic carbocycles. The summed E-state index contributed by atoms with van der Waals surface area (Å²) in [4.78, 5) is 17.6. The molecule has 1 amide bonds. The van der Waals surface area contributed by atoms with E-state index >= 15 is 0 Å². The van der Waals surface area contributed by atoms with Gasteiger partial charge in [-0.2, -0.15) is 0 Å². The highest BCUT2D eigenvalue weighted by Crippen LogP contribution is 2.41. The third-order valence-electron chi connectivity index (χ3n) is 8.18. The van der Waals surface area contributed by atoms with Crippen LogP contribution in [0.4, 0.5) is 5.69 Å². The maximum absolute atomic E-state index is 12.7. The highest BCUT2D eigenvalue weighted by molar-refractivity contribution is 7.99. The molecule has 8 heteroatoms. The number of nitrogens with zero attached hydrogens (tertiary/aromatic N) is 1. The Kier molecular flexibility index (Phi) is 9.77. The van der Waals surface area contributed by atoms with E-state index < -0.39 is 6.29 Å². The average Bonchev–Trinajstić information content (AvgIpc) is 3.60. The van der Waals surface area contributed by atoms with E-state index in [9.17, 15) is 9.90 Å². The van der Waals surface area contributed by atoms with Crippen LogP contribution in [0.1, 0.15) is 45.9 Å². The van der Waals surface area contributed by atoms with Gasteiger partial charge in [0, 0.05) is 40.1 Å². The van der Waals surface area contributed by atoms with Crippen molar-refractivity contribution in [1.82, 2.24) is 4.98 Å². The molecule has 2 heterocycles. The standard InChI is InChI=1S/C40H34N2O5S/c43-25-27-16-18-28(19-17-27)35-24-34(45-39(46-35)32-20-22-33(23-21-32)41-38(44)31-14-8-3-9-15-31)26-48-40-42-36(29-10-4-1-5-11-29)37(47-40)30-12-6-2-7-13-30/h1-23,34-35,39,43H,24-26H2,(H,41,44). The van der Waals surface area contributed by atoms with Gasteiger partial charge in [-0.15, -0.1) is 0 Å². The Morgan fingerprint density at radius 1 is 0.750 bits per heavy atom. The Bertz CT molecular complexity index is 1880. The molecule has 7 rings (SSSR count). The molecule has 48 heavy (non-hydrogen) atoms. The van der Waals surface area contributed by atoms with Crippen molar-refractivity contribution in [3.8, 4) is 22.6 Å². The number of rotatable bonds is 10. The number of aromatic nitrogens is 1. The number of nitrogens with one attached hydrogen (secondary N) is 1. The Hall–Kier alpha value is -4.99. The van der Waals surface area contributed by atoms with E-state index in [2.05, 4.69) is 5.32 Å². The number of amides is 1. The van der Waals surface area contributed by atoms with Gasteiger partial charge in [0.05, 0.1) is 18.8 Å². The van der Waals surface area contributed by atoms with Crippen LogP contribution in [-0.4, -0.2) is 27.9 Å². The van der Waals surface area contributed by atoms with E-state index in [4.69, 9.17) is 18.9 Å². The third-order valence-corrected chi connectivity index (χ3v) is 9.14. The Morgan fingerprint density at radius 2 is 1.38 bits per heavy atom. The van der Waals surface area contributed by atoms with E-state index in [0.717, 1.165) is 39.3 Å². The van der Waals surface area contributed by atoms with E-state index in [1.807, 2.05) is 127 Å². The maximum Gasteiger partial charge on any atom is 0.256 e. The number of carbonyl (C=O) groups excluding carboxylic acids is 1. The lowest BCUT2D eigenvalue weighted by Gasteiger charge is -2.36. The van der Waals surface area contributed by atoms with Gasteiger partial charge in [-0.05, 0) is 35.4 Å². The van der Waals surface area contributed by atoms with Gasteiger partial charge in [0.2, 0.25) is 0 Å². The lowest BCUT2D eigenvalue weighted by molar-refractivity contribution is -0.245. The number of carbonyl (C=O) groups is 1. The van der Waals surface area contributed by atoms with Crippen LogP contribution in [0.25, 0.3) is 22.6 Å². The van der Waals surface area contributed by atoms with Gasteiger partial charge in [-0.25, -0.2) is 4.98 Å². The minimum atomic E-state index is -0.630. The van der Waals surface area contributed by atoms with Gasteiger partial charge < -0.3 is 24.3 Å². The number of benzene rings is 5. The lowest BCUT2D eigenvalue weighted by atomic mass is 10.0. The van der Waals surface area contributed by atoms with Crippen molar-refractivity contribution in [3.63, 3.8) is 0 Å². The maximum atomic E-state index is 12.7. The molecule has 240 valence electrons. The Morgan fingerprint density at radius 3 is 2.04 bits per heavy atom. The molecular formula is C40H34N2O5S. The van der Waals surface area contributed by atoms with E-state index in [-0.39, 0.29) is 24.7 Å². The van der Waals surface area contributed by atoms with Crippen molar-refractivity contribution in [1.29, 1.82) is 0 Å². The van der Waals surface area contributed by atoms with Gasteiger partial charge in [0.1, 0.15) is 5.69 Å². The van der Waals surface area contributed by atoms with Gasteiger partial charge in [-0.1, -0.05) is 127 Å². The normalized spacial score (nSPS) is 17.6. The second-order valence-electron chi connectivity index (χ2n) is 11.5. The van der Waals surface area contributed by atoms with Gasteiger partial charge in [0.15, 0.2) is 12.1 Å². The highest BCUT2D eigenvalue weighted by atomic mass is 32.2. The van der Waals surface area contributed by atoms with Gasteiger partial charge in [0.25, 0.3) is 11.1 Å². The molecule has 1 aliphatic rings. The molecule has 0 radical (unpaired) electrons. The number of aliphatic hydroxyl groups excluding tert-OH is 1. The highest BCUT2D eigenvalue weighted by Gasteiger charge is 2.33. The molecule has 0 bridgehead atoms. The topological polar surface area (TPSA) is 93.8 Å². The molecular weight excluding hydrogens is 621 g/mol. The number of ether oxygens (including phenoxy) is 2. The van der Waals surface area contributed by atoms with Crippen molar-refractivity contribution < 1.29 is 23.8 Å². The first kappa shape index (κ1) is 31.6. The summed E-state index contributed by atoms with van der Waals surface area (Å²) < 4.78 is 19.4. The second-order valence-corrected chi connectivity index (χ2v) is 12.5.